The van der Waals surface area contributed by atoms with Gasteiger partial charge in [-0.3, -0.25) is 4.79 Å². The number of ether oxygens (including phenoxy) is 2. The number of nitrogens with one attached hydrogen (secondary N) is 1. The molecule has 0 saturated heterocycles. The molecule has 6 heteroatoms. The molecule has 0 unspecified atom stereocenters. The third-order valence-corrected chi connectivity index (χ3v) is 2.66. The second-order valence-corrected chi connectivity index (χ2v) is 3.90. The average Bonchev–Trinajstić information content (AvgIpc) is 2.81. The monoisotopic (exact) mass is 272 g/mol. The number of carbonyl (C=O) groups is 1. The molecule has 0 aliphatic carbocycles. The number of fused-ring (bicyclic) bond motifs is 1. The maximum Gasteiger partial charge on any atom is 0.253 e. The van der Waals surface area contributed by atoms with Gasteiger partial charge in [-0.05, 0) is 25.2 Å². The van der Waals surface area contributed by atoms with Gasteiger partial charge in [-0.25, -0.2) is 0 Å². The van der Waals surface area contributed by atoms with E-state index in [0.717, 1.165) is 6.54 Å². The van der Waals surface area contributed by atoms with Crippen LogP contribution in [0, 0.1) is 0 Å². The van der Waals surface area contributed by atoms with E-state index in [4.69, 9.17) is 9.47 Å². The Balaban J connectivity index is 0.00000162. The molecule has 2 rings (SSSR count). The minimum atomic E-state index is -0.0152. The lowest BCUT2D eigenvalue weighted by atomic mass is 10.2. The van der Waals surface area contributed by atoms with Crippen LogP contribution in [0.25, 0.3) is 0 Å². The van der Waals surface area contributed by atoms with Crippen LogP contribution >= 0.6 is 12.4 Å². The lowest BCUT2D eigenvalue weighted by Gasteiger charge is -2.16. The fraction of sp³-hybridized carbons (Fsp3) is 0.417. The van der Waals surface area contributed by atoms with Crippen LogP contribution < -0.4 is 14.8 Å². The van der Waals surface area contributed by atoms with Gasteiger partial charge in [0.05, 0.1) is 0 Å². The van der Waals surface area contributed by atoms with E-state index in [0.29, 0.717) is 23.6 Å². The molecule has 0 bridgehead atoms. The van der Waals surface area contributed by atoms with Crippen molar-refractivity contribution in [3.05, 3.63) is 23.8 Å². The number of carbonyl (C=O) groups excluding carboxylic acids is 1. The molecule has 0 saturated carbocycles. The first kappa shape index (κ1) is 14.6. The highest BCUT2D eigenvalue weighted by atomic mass is 35.5. The third-order valence-electron chi connectivity index (χ3n) is 2.66. The molecule has 0 fully saturated rings. The first-order chi connectivity index (χ1) is 8.22. The smallest absolute Gasteiger partial charge is 0.253 e. The van der Waals surface area contributed by atoms with Crippen LogP contribution in [-0.4, -0.2) is 44.8 Å². The van der Waals surface area contributed by atoms with E-state index < -0.39 is 0 Å². The summed E-state index contributed by atoms with van der Waals surface area (Å²) in [7, 11) is 3.64. The normalized spacial score (nSPS) is 11.9. The van der Waals surface area contributed by atoms with Gasteiger partial charge in [0.25, 0.3) is 5.91 Å². The van der Waals surface area contributed by atoms with E-state index >= 15 is 0 Å². The highest BCUT2D eigenvalue weighted by Crippen LogP contribution is 2.32. The number of nitrogens with zero attached hydrogens (tertiary/aromatic N) is 1. The molecule has 0 radical (unpaired) electrons. The van der Waals surface area contributed by atoms with Crippen molar-refractivity contribution >= 4 is 18.3 Å². The van der Waals surface area contributed by atoms with E-state index in [9.17, 15) is 4.79 Å². The van der Waals surface area contributed by atoms with Crippen LogP contribution in [0.1, 0.15) is 10.4 Å². The molecule has 1 amide bonds. The van der Waals surface area contributed by atoms with Gasteiger partial charge in [-0.2, -0.15) is 0 Å². The Hall–Kier alpha value is -1.46. The average molecular weight is 273 g/mol. The molecular weight excluding hydrogens is 256 g/mol. The summed E-state index contributed by atoms with van der Waals surface area (Å²) in [6.07, 6.45) is 0. The second-order valence-electron chi connectivity index (χ2n) is 3.90. The standard InChI is InChI=1S/C12H16N2O3.ClH/c1-13-5-6-14(2)12(15)9-3-4-10-11(7-9)17-8-16-10;/h3-4,7,13H,5-6,8H2,1-2H3;1H. The molecular formula is C12H17ClN2O3. The number of benzene rings is 1. The molecule has 1 N–H and O–H groups in total. The number of hydrogen-bond donors (Lipinski definition) is 1. The topological polar surface area (TPSA) is 50.8 Å². The maximum absolute atomic E-state index is 12.1. The van der Waals surface area contributed by atoms with Crippen LogP contribution in [-0.2, 0) is 0 Å². The van der Waals surface area contributed by atoms with Gasteiger partial charge in [-0.15, -0.1) is 12.4 Å². The zero-order chi connectivity index (χ0) is 12.3. The number of likely N-dealkylation sites (N-methyl/N-ethyl adjacent to an activating group) is 2. The first-order valence-corrected chi connectivity index (χ1v) is 5.52. The Morgan fingerprint density at radius 3 is 2.83 bits per heavy atom. The Morgan fingerprint density at radius 2 is 2.11 bits per heavy atom. The van der Waals surface area contributed by atoms with Gasteiger partial charge >= 0.3 is 0 Å². The summed E-state index contributed by atoms with van der Waals surface area (Å²) in [4.78, 5) is 13.7. The number of amides is 1. The molecule has 1 aliphatic heterocycles. The fourth-order valence-electron chi connectivity index (χ4n) is 1.63. The Bertz CT molecular complexity index is 426. The second kappa shape index (κ2) is 6.47. The predicted octanol–water partition coefficient (Wildman–Crippen LogP) is 1.13. The van der Waals surface area contributed by atoms with E-state index in [-0.39, 0.29) is 25.1 Å². The van der Waals surface area contributed by atoms with E-state index in [1.165, 1.54) is 0 Å². The van der Waals surface area contributed by atoms with E-state index in [1.54, 1.807) is 30.1 Å². The quantitative estimate of drug-likeness (QED) is 0.893. The van der Waals surface area contributed by atoms with Crippen LogP contribution in [0.4, 0.5) is 0 Å². The van der Waals surface area contributed by atoms with Gasteiger partial charge in [0.2, 0.25) is 6.79 Å². The minimum absolute atomic E-state index is 0. The zero-order valence-electron chi connectivity index (χ0n) is 10.4. The summed E-state index contributed by atoms with van der Waals surface area (Å²) in [5.41, 5.74) is 0.618. The molecule has 0 aromatic heterocycles. The first-order valence-electron chi connectivity index (χ1n) is 5.52. The lowest BCUT2D eigenvalue weighted by molar-refractivity contribution is 0.0796. The highest BCUT2D eigenvalue weighted by molar-refractivity contribution is 5.94. The summed E-state index contributed by atoms with van der Waals surface area (Å²) in [5, 5.41) is 3.01. The van der Waals surface area contributed by atoms with Crippen molar-refractivity contribution in [1.82, 2.24) is 10.2 Å². The summed E-state index contributed by atoms with van der Waals surface area (Å²) in [6.45, 7) is 1.67. The van der Waals surface area contributed by atoms with Gasteiger partial charge in [0.15, 0.2) is 11.5 Å². The van der Waals surface area contributed by atoms with E-state index in [1.807, 2.05) is 7.05 Å². The predicted molar refractivity (Wildman–Crippen MR) is 70.7 cm³/mol. The SMILES string of the molecule is CNCCN(C)C(=O)c1ccc2c(c1)OCO2.Cl. The van der Waals surface area contributed by atoms with Crippen molar-refractivity contribution in [1.29, 1.82) is 0 Å². The van der Waals surface area contributed by atoms with Crippen LogP contribution in [0.15, 0.2) is 18.2 Å². The molecule has 1 aliphatic rings. The van der Waals surface area contributed by atoms with Crippen molar-refractivity contribution in [2.45, 2.75) is 0 Å². The third kappa shape index (κ3) is 3.05. The maximum atomic E-state index is 12.1. The highest BCUT2D eigenvalue weighted by Gasteiger charge is 2.17. The molecule has 0 atom stereocenters. The van der Waals surface area contributed by atoms with Crippen molar-refractivity contribution in [3.8, 4) is 11.5 Å². The van der Waals surface area contributed by atoms with Crippen LogP contribution in [0.3, 0.4) is 0 Å². The molecule has 5 nitrogen and oxygen atoms in total. The fourth-order valence-corrected chi connectivity index (χ4v) is 1.63. The summed E-state index contributed by atoms with van der Waals surface area (Å²) in [6, 6.07) is 5.24. The largest absolute Gasteiger partial charge is 0.454 e. The van der Waals surface area contributed by atoms with Crippen molar-refractivity contribution in [2.24, 2.45) is 0 Å². The molecule has 1 aromatic carbocycles. The van der Waals surface area contributed by atoms with Crippen molar-refractivity contribution in [2.75, 3.05) is 34.0 Å². The number of rotatable bonds is 4. The van der Waals surface area contributed by atoms with Gasteiger partial charge in [-0.1, -0.05) is 0 Å². The molecule has 1 aromatic rings. The van der Waals surface area contributed by atoms with Gasteiger partial charge < -0.3 is 19.7 Å². The Kier molecular flexibility index (Phi) is 5.25. The minimum Gasteiger partial charge on any atom is -0.454 e. The van der Waals surface area contributed by atoms with Crippen LogP contribution in [0.5, 0.6) is 11.5 Å². The Labute approximate surface area is 112 Å². The zero-order valence-corrected chi connectivity index (χ0v) is 11.3. The van der Waals surface area contributed by atoms with E-state index in [2.05, 4.69) is 5.32 Å². The van der Waals surface area contributed by atoms with Crippen LogP contribution in [0.2, 0.25) is 0 Å². The summed E-state index contributed by atoms with van der Waals surface area (Å²) < 4.78 is 10.4. The summed E-state index contributed by atoms with van der Waals surface area (Å²) >= 11 is 0. The van der Waals surface area contributed by atoms with Crippen molar-refractivity contribution in [3.63, 3.8) is 0 Å². The molecule has 18 heavy (non-hydrogen) atoms. The van der Waals surface area contributed by atoms with Crippen molar-refractivity contribution < 1.29 is 14.3 Å². The number of halogens is 1. The number of hydrogen-bond acceptors (Lipinski definition) is 4. The lowest BCUT2D eigenvalue weighted by Crippen LogP contribution is -2.32. The molecule has 100 valence electrons. The summed E-state index contributed by atoms with van der Waals surface area (Å²) in [5.74, 6) is 1.32. The Morgan fingerprint density at radius 1 is 1.39 bits per heavy atom. The molecule has 0 spiro atoms. The van der Waals surface area contributed by atoms with Gasteiger partial charge in [0.1, 0.15) is 0 Å². The van der Waals surface area contributed by atoms with Gasteiger partial charge in [0, 0.05) is 25.7 Å². The molecule has 1 heterocycles.